The van der Waals surface area contributed by atoms with Crippen molar-refractivity contribution in [3.8, 4) is 0 Å². The van der Waals surface area contributed by atoms with Crippen LogP contribution in [-0.2, 0) is 30.4 Å². The average molecular weight is 763 g/mol. The number of nitrogens with two attached hydrogens (primary N) is 1. The summed E-state index contributed by atoms with van der Waals surface area (Å²) < 4.78 is 16.5. The number of amides is 1. The van der Waals surface area contributed by atoms with E-state index in [1.165, 1.54) is 36.9 Å². The van der Waals surface area contributed by atoms with E-state index in [9.17, 15) is 24.0 Å². The average Bonchev–Trinajstić information content (AvgIpc) is 3.80. The van der Waals surface area contributed by atoms with Gasteiger partial charge in [0.25, 0.3) is 0 Å². The van der Waals surface area contributed by atoms with E-state index in [0.717, 1.165) is 48.3 Å². The minimum atomic E-state index is -0.978. The van der Waals surface area contributed by atoms with Crippen molar-refractivity contribution in [3.63, 3.8) is 0 Å². The lowest BCUT2D eigenvalue weighted by molar-refractivity contribution is -0.143. The summed E-state index contributed by atoms with van der Waals surface area (Å²) in [4.78, 5) is 70.3. The number of hydrogen-bond acceptors (Lipinski definition) is 13. The van der Waals surface area contributed by atoms with Crippen LogP contribution in [0.1, 0.15) is 80.3 Å². The Bertz CT molecular complexity index is 2080. The van der Waals surface area contributed by atoms with Gasteiger partial charge in [0.05, 0.1) is 44.4 Å². The molecule has 0 fully saturated rings. The monoisotopic (exact) mass is 762 g/mol. The lowest BCUT2D eigenvalue weighted by Gasteiger charge is -2.16. The van der Waals surface area contributed by atoms with Crippen molar-refractivity contribution in [2.75, 3.05) is 14.2 Å². The zero-order chi connectivity index (χ0) is 37.9. The second-order valence-corrected chi connectivity index (χ2v) is 14.2. The van der Waals surface area contributed by atoms with Crippen LogP contribution in [0.15, 0.2) is 54.9 Å². The fourth-order valence-corrected chi connectivity index (χ4v) is 7.30. The predicted octanol–water partition coefficient (Wildman–Crippen LogP) is 7.36. The minimum absolute atomic E-state index is 0. The number of nitrogens with one attached hydrogen (secondary N) is 1. The Labute approximate surface area is 317 Å². The molecular weight excluding hydrogens is 717 g/mol. The number of ether oxygens (including phenoxy) is 3. The number of ketones is 2. The van der Waals surface area contributed by atoms with Gasteiger partial charge in [0.2, 0.25) is 0 Å². The lowest BCUT2D eigenvalue weighted by Crippen LogP contribution is -2.42. The van der Waals surface area contributed by atoms with Gasteiger partial charge in [0.15, 0.2) is 11.6 Å². The Morgan fingerprint density at radius 1 is 0.755 bits per heavy atom. The molecular formula is C39H46N4O8S2. The quantitative estimate of drug-likeness (QED) is 0.0696. The molecule has 1 amide bonds. The van der Waals surface area contributed by atoms with Gasteiger partial charge in [-0.05, 0) is 80.5 Å². The number of pyridine rings is 2. The molecule has 0 saturated carbocycles. The number of carbonyl (C=O) groups is 5. The van der Waals surface area contributed by atoms with Gasteiger partial charge in [-0.3, -0.25) is 24.4 Å². The van der Waals surface area contributed by atoms with E-state index in [2.05, 4.69) is 20.0 Å². The summed E-state index contributed by atoms with van der Waals surface area (Å²) in [5.74, 6) is -1.26. The molecule has 0 aliphatic heterocycles. The van der Waals surface area contributed by atoms with Crippen LogP contribution in [0, 0.1) is 27.7 Å². The van der Waals surface area contributed by atoms with Gasteiger partial charge in [-0.15, -0.1) is 22.7 Å². The lowest BCUT2D eigenvalue weighted by atomic mass is 10.1. The number of carbonyl (C=O) groups excluding carboxylic acids is 5. The molecule has 3 N–H and O–H groups in total. The zero-order valence-corrected chi connectivity index (χ0v) is 31.6. The van der Waals surface area contributed by atoms with Crippen molar-refractivity contribution < 1.29 is 38.2 Å². The number of hydrogen-bond donors (Lipinski definition) is 2. The molecule has 5 aromatic rings. The van der Waals surface area contributed by atoms with Gasteiger partial charge < -0.3 is 25.3 Å². The summed E-state index contributed by atoms with van der Waals surface area (Å²) >= 11 is 2.83. The first-order chi connectivity index (χ1) is 24.8. The molecule has 0 spiro atoms. The zero-order valence-electron chi connectivity index (χ0n) is 29.9. The third kappa shape index (κ3) is 11.2. The number of thiophene rings is 2. The molecule has 0 saturated heterocycles. The van der Waals surface area contributed by atoms with Crippen LogP contribution in [-0.4, -0.2) is 65.9 Å². The molecule has 53 heavy (non-hydrogen) atoms. The summed E-state index contributed by atoms with van der Waals surface area (Å²) in [6.45, 7) is 8.08. The number of esters is 2. The van der Waals surface area contributed by atoms with E-state index in [1.807, 2.05) is 64.2 Å². The van der Waals surface area contributed by atoms with Crippen LogP contribution in [0.25, 0.3) is 20.4 Å². The second-order valence-electron chi connectivity index (χ2n) is 12.1. The highest BCUT2D eigenvalue weighted by Crippen LogP contribution is 2.31. The van der Waals surface area contributed by atoms with Crippen LogP contribution in [0.5, 0.6) is 0 Å². The van der Waals surface area contributed by atoms with Gasteiger partial charge >= 0.3 is 18.0 Å². The van der Waals surface area contributed by atoms with Crippen LogP contribution >= 0.6 is 22.7 Å². The molecule has 0 unspecified atom stereocenters. The first kappa shape index (κ1) is 42.4. The van der Waals surface area contributed by atoms with E-state index >= 15 is 0 Å². The van der Waals surface area contributed by atoms with Crippen molar-refractivity contribution >= 4 is 72.7 Å². The van der Waals surface area contributed by atoms with E-state index in [4.69, 9.17) is 15.2 Å². The van der Waals surface area contributed by atoms with E-state index in [-0.39, 0.29) is 51.3 Å². The maximum absolute atomic E-state index is 12.7. The highest BCUT2D eigenvalue weighted by Gasteiger charge is 2.24. The predicted molar refractivity (Wildman–Crippen MR) is 208 cm³/mol. The largest absolute Gasteiger partial charge is 0.468 e. The Hall–Kier alpha value is -5.05. The molecule has 5 rings (SSSR count). The van der Waals surface area contributed by atoms with Crippen LogP contribution in [0.3, 0.4) is 0 Å². The number of fused-ring (bicyclic) bond motifs is 2. The first-order valence-corrected chi connectivity index (χ1v) is 18.1. The van der Waals surface area contributed by atoms with E-state index in [0.29, 0.717) is 9.75 Å². The van der Waals surface area contributed by atoms with Gasteiger partial charge in [-0.25, -0.2) is 9.59 Å². The molecule has 0 bridgehead atoms. The molecule has 282 valence electrons. The number of methoxy groups -OCH3 is 2. The summed E-state index contributed by atoms with van der Waals surface area (Å²) in [6.07, 6.45) is 3.54. The summed E-state index contributed by atoms with van der Waals surface area (Å²) in [5, 5.41) is 2.49. The fourth-order valence-electron chi connectivity index (χ4n) is 5.03. The SMILES string of the molecule is C.COC(=O)[C@@H](CCC(=O)c1cc2ncc(C)c(C)c2s1)NC(=O)OCc1ccccc1.COC(=O)[C@H](N)CCC(=O)c1cc2ncc(C)c(C)c2s1. The number of rotatable bonds is 13. The Balaban J connectivity index is 0.000000301. The maximum atomic E-state index is 12.7. The molecule has 12 nitrogen and oxygen atoms in total. The molecule has 4 aromatic heterocycles. The van der Waals surface area contributed by atoms with Crippen molar-refractivity contribution in [2.24, 2.45) is 5.73 Å². The Kier molecular flexibility index (Phi) is 15.7. The van der Waals surface area contributed by atoms with Crippen LogP contribution in [0.4, 0.5) is 4.79 Å². The fraction of sp³-hybridized carbons (Fsp3) is 0.359. The minimum Gasteiger partial charge on any atom is -0.468 e. The molecule has 4 heterocycles. The van der Waals surface area contributed by atoms with Crippen molar-refractivity contribution in [1.82, 2.24) is 15.3 Å². The highest BCUT2D eigenvalue weighted by atomic mass is 32.1. The number of aryl methyl sites for hydroxylation is 4. The molecule has 14 heteroatoms. The molecule has 0 aliphatic rings. The normalized spacial score (nSPS) is 11.8. The summed E-state index contributed by atoms with van der Waals surface area (Å²) in [6, 6.07) is 11.0. The summed E-state index contributed by atoms with van der Waals surface area (Å²) in [5.41, 5.74) is 12.5. The number of benzene rings is 1. The second kappa shape index (κ2) is 19.7. The van der Waals surface area contributed by atoms with Gasteiger partial charge in [0, 0.05) is 25.2 Å². The smallest absolute Gasteiger partial charge is 0.408 e. The van der Waals surface area contributed by atoms with Crippen molar-refractivity contribution in [1.29, 1.82) is 0 Å². The first-order valence-electron chi connectivity index (χ1n) is 16.5. The van der Waals surface area contributed by atoms with E-state index < -0.39 is 30.1 Å². The molecule has 2 atom stereocenters. The highest BCUT2D eigenvalue weighted by molar-refractivity contribution is 7.21. The van der Waals surface area contributed by atoms with Crippen molar-refractivity contribution in [2.45, 2.75) is 79.5 Å². The molecule has 0 radical (unpaired) electrons. The Morgan fingerprint density at radius 2 is 1.25 bits per heavy atom. The van der Waals surface area contributed by atoms with Crippen molar-refractivity contribution in [3.05, 3.63) is 92.4 Å². The number of aromatic nitrogens is 2. The van der Waals surface area contributed by atoms with Gasteiger partial charge in [-0.1, -0.05) is 37.8 Å². The molecule has 0 aliphatic carbocycles. The maximum Gasteiger partial charge on any atom is 0.408 e. The Morgan fingerprint density at radius 3 is 1.74 bits per heavy atom. The third-order valence-electron chi connectivity index (χ3n) is 8.47. The number of Topliss-reactive ketones (excluding diaryl/α,β-unsaturated/α-hetero) is 2. The third-order valence-corrected chi connectivity index (χ3v) is 11.0. The topological polar surface area (TPSA) is 177 Å². The summed E-state index contributed by atoms with van der Waals surface area (Å²) in [7, 11) is 2.52. The molecule has 1 aromatic carbocycles. The van der Waals surface area contributed by atoms with E-state index in [1.54, 1.807) is 18.3 Å². The standard InChI is InChI=1S/C23H24N2O5S.C15H18N2O3S.CH4/c1-14-12-24-18-11-20(31-21(18)15(14)2)19(26)10-9-17(22(27)29-3)25-23(28)30-13-16-7-5-4-6-8-16;1-8-7-17-11-6-13(21-14(11)9(8)2)12(18)5-4-10(16)15(19)20-3;/h4-8,11-12,17H,9-10,13H2,1-3H3,(H,25,28);6-7,10H,4-5,16H2,1-3H3;1H4/t17-;10-;/m11./s1. The van der Waals surface area contributed by atoms with Crippen LogP contribution < -0.4 is 11.1 Å². The number of alkyl carbamates (subject to hydrolysis) is 1. The number of nitrogens with zero attached hydrogens (tertiary/aromatic N) is 2. The van der Waals surface area contributed by atoms with Gasteiger partial charge in [-0.2, -0.15) is 0 Å². The van der Waals surface area contributed by atoms with Crippen LogP contribution in [0.2, 0.25) is 0 Å². The van der Waals surface area contributed by atoms with Gasteiger partial charge in [0.1, 0.15) is 18.7 Å².